The second kappa shape index (κ2) is 5.09. The van der Waals surface area contributed by atoms with E-state index in [1.165, 1.54) is 0 Å². The number of fused-ring (bicyclic) bond motifs is 1. The number of nitrogens with zero attached hydrogens (tertiary/aromatic N) is 1. The smallest absolute Gasteiger partial charge is 0.410 e. The summed E-state index contributed by atoms with van der Waals surface area (Å²) in [7, 11) is 0. The van der Waals surface area contributed by atoms with E-state index < -0.39 is 24.3 Å². The average Bonchev–Trinajstić information content (AvgIpc) is 3.05. The van der Waals surface area contributed by atoms with Gasteiger partial charge in [0.2, 0.25) is 0 Å². The molecule has 1 aliphatic carbocycles. The highest BCUT2D eigenvalue weighted by molar-refractivity contribution is 5.70. The fourth-order valence-electron chi connectivity index (χ4n) is 2.70. The van der Waals surface area contributed by atoms with Crippen molar-refractivity contribution in [2.45, 2.75) is 18.7 Å². The van der Waals surface area contributed by atoms with E-state index in [4.69, 9.17) is 4.74 Å². The average molecular weight is 297 g/mol. The molecule has 0 aromatic heterocycles. The second-order valence-electron chi connectivity index (χ2n) is 5.27. The molecular formula is C15H14F3NO2. The highest BCUT2D eigenvalue weighted by atomic mass is 19.4. The molecule has 2 unspecified atom stereocenters. The number of benzene rings is 1. The van der Waals surface area contributed by atoms with Crippen LogP contribution in [0.15, 0.2) is 30.3 Å². The summed E-state index contributed by atoms with van der Waals surface area (Å²) in [6.45, 7) is -0.235. The highest BCUT2D eigenvalue weighted by Crippen LogP contribution is 2.35. The van der Waals surface area contributed by atoms with Gasteiger partial charge in [0, 0.05) is 18.7 Å². The van der Waals surface area contributed by atoms with Crippen molar-refractivity contribution in [1.29, 1.82) is 0 Å². The Hall–Kier alpha value is -1.98. The highest BCUT2D eigenvalue weighted by Gasteiger charge is 2.45. The van der Waals surface area contributed by atoms with Crippen LogP contribution in [0.3, 0.4) is 0 Å². The van der Waals surface area contributed by atoms with Gasteiger partial charge in [0.15, 0.2) is 0 Å². The van der Waals surface area contributed by atoms with Crippen LogP contribution in [-0.2, 0) is 4.74 Å². The molecule has 1 saturated heterocycles. The molecule has 0 saturated carbocycles. The molecule has 21 heavy (non-hydrogen) atoms. The van der Waals surface area contributed by atoms with Gasteiger partial charge in [-0.25, -0.2) is 4.79 Å². The van der Waals surface area contributed by atoms with Crippen LogP contribution in [0.5, 0.6) is 0 Å². The summed E-state index contributed by atoms with van der Waals surface area (Å²) in [5.74, 6) is -1.45. The summed E-state index contributed by atoms with van der Waals surface area (Å²) in [5, 5.41) is 0. The summed E-state index contributed by atoms with van der Waals surface area (Å²) in [6.07, 6.45) is -1.94. The van der Waals surface area contributed by atoms with Crippen LogP contribution < -0.4 is 0 Å². The molecule has 3 nitrogen and oxygen atoms in total. The van der Waals surface area contributed by atoms with Gasteiger partial charge in [0.05, 0.1) is 5.92 Å². The van der Waals surface area contributed by atoms with Crippen molar-refractivity contribution in [2.24, 2.45) is 5.92 Å². The number of ether oxygens (including phenoxy) is 1. The molecule has 1 heterocycles. The van der Waals surface area contributed by atoms with Crippen molar-refractivity contribution in [1.82, 2.24) is 4.90 Å². The standard InChI is InChI=1S/C15H14F3NO2/c16-15(17,18)11-7-8-19(9-11)14(20)21-13-6-5-10-3-1-2-4-12(10)13/h1-6,11,13H,7-9H2. The fraction of sp³-hybridized carbons (Fsp3) is 0.400. The van der Waals surface area contributed by atoms with Crippen molar-refractivity contribution < 1.29 is 22.7 Å². The van der Waals surface area contributed by atoms with Crippen LogP contribution in [0, 0.1) is 5.92 Å². The molecule has 1 aromatic carbocycles. The van der Waals surface area contributed by atoms with E-state index in [2.05, 4.69) is 0 Å². The molecule has 2 aliphatic rings. The topological polar surface area (TPSA) is 29.5 Å². The number of hydrogen-bond acceptors (Lipinski definition) is 2. The largest absolute Gasteiger partial charge is 0.437 e. The first kappa shape index (κ1) is 14.0. The van der Waals surface area contributed by atoms with E-state index in [1.807, 2.05) is 30.3 Å². The van der Waals surface area contributed by atoms with Gasteiger partial charge in [-0.2, -0.15) is 13.2 Å². The van der Waals surface area contributed by atoms with Gasteiger partial charge in [0.25, 0.3) is 0 Å². The summed E-state index contributed by atoms with van der Waals surface area (Å²) in [4.78, 5) is 13.1. The Morgan fingerprint density at radius 2 is 2.05 bits per heavy atom. The molecule has 0 radical (unpaired) electrons. The number of hydrogen-bond donors (Lipinski definition) is 0. The van der Waals surface area contributed by atoms with Gasteiger partial charge in [-0.3, -0.25) is 0 Å². The lowest BCUT2D eigenvalue weighted by Gasteiger charge is -2.20. The number of carbonyl (C=O) groups excluding carboxylic acids is 1. The van der Waals surface area contributed by atoms with Crippen molar-refractivity contribution >= 4 is 12.2 Å². The summed E-state index contributed by atoms with van der Waals surface area (Å²) < 4.78 is 43.1. The minimum atomic E-state index is -4.26. The molecule has 112 valence electrons. The SMILES string of the molecule is O=C(OC1C=Cc2ccccc21)N1CCC(C(F)(F)F)C1. The van der Waals surface area contributed by atoms with Crippen molar-refractivity contribution in [3.63, 3.8) is 0 Å². The lowest BCUT2D eigenvalue weighted by atomic mass is 10.1. The fourth-order valence-corrected chi connectivity index (χ4v) is 2.70. The van der Waals surface area contributed by atoms with Crippen LogP contribution in [0.1, 0.15) is 23.7 Å². The van der Waals surface area contributed by atoms with Gasteiger partial charge in [-0.15, -0.1) is 0 Å². The zero-order valence-electron chi connectivity index (χ0n) is 11.1. The lowest BCUT2D eigenvalue weighted by Crippen LogP contribution is -2.32. The van der Waals surface area contributed by atoms with E-state index in [-0.39, 0.29) is 19.5 Å². The summed E-state index contributed by atoms with van der Waals surface area (Å²) in [5.41, 5.74) is 1.82. The quantitative estimate of drug-likeness (QED) is 0.789. The molecule has 3 rings (SSSR count). The summed E-state index contributed by atoms with van der Waals surface area (Å²) in [6, 6.07) is 7.45. The maximum absolute atomic E-state index is 12.6. The van der Waals surface area contributed by atoms with E-state index in [0.29, 0.717) is 0 Å². The van der Waals surface area contributed by atoms with Gasteiger partial charge < -0.3 is 9.64 Å². The Balaban J connectivity index is 1.63. The number of halogens is 3. The molecule has 0 bridgehead atoms. The second-order valence-corrected chi connectivity index (χ2v) is 5.27. The Bertz CT molecular complexity index is 583. The number of carbonyl (C=O) groups is 1. The maximum atomic E-state index is 12.6. The molecule has 1 aromatic rings. The van der Waals surface area contributed by atoms with E-state index >= 15 is 0 Å². The molecule has 1 aliphatic heterocycles. The Kier molecular flexibility index (Phi) is 3.39. The summed E-state index contributed by atoms with van der Waals surface area (Å²) >= 11 is 0. The Morgan fingerprint density at radius 3 is 2.76 bits per heavy atom. The Morgan fingerprint density at radius 1 is 1.29 bits per heavy atom. The van der Waals surface area contributed by atoms with Crippen molar-refractivity contribution in [3.05, 3.63) is 41.5 Å². The van der Waals surface area contributed by atoms with Crippen molar-refractivity contribution in [3.8, 4) is 0 Å². The minimum Gasteiger partial charge on any atom is -0.437 e. The first-order valence-electron chi connectivity index (χ1n) is 6.74. The van der Waals surface area contributed by atoms with Gasteiger partial charge in [-0.05, 0) is 18.1 Å². The third-order valence-electron chi connectivity index (χ3n) is 3.89. The molecule has 1 amide bonds. The molecule has 2 atom stereocenters. The maximum Gasteiger partial charge on any atom is 0.410 e. The van der Waals surface area contributed by atoms with Crippen LogP contribution in [0.4, 0.5) is 18.0 Å². The monoisotopic (exact) mass is 297 g/mol. The molecule has 0 spiro atoms. The normalized spacial score (nSPS) is 24.2. The first-order chi connectivity index (χ1) is 9.95. The zero-order chi connectivity index (χ0) is 15.0. The number of rotatable bonds is 1. The third-order valence-corrected chi connectivity index (χ3v) is 3.89. The van der Waals surface area contributed by atoms with Gasteiger partial charge >= 0.3 is 12.3 Å². The third kappa shape index (κ3) is 2.75. The number of likely N-dealkylation sites (tertiary alicyclic amines) is 1. The van der Waals surface area contributed by atoms with Gasteiger partial charge in [-0.1, -0.05) is 30.3 Å². The molecule has 6 heteroatoms. The first-order valence-corrected chi connectivity index (χ1v) is 6.74. The van der Waals surface area contributed by atoms with E-state index in [9.17, 15) is 18.0 Å². The molecule has 1 fully saturated rings. The van der Waals surface area contributed by atoms with E-state index in [1.54, 1.807) is 6.08 Å². The predicted molar refractivity (Wildman–Crippen MR) is 70.4 cm³/mol. The molecular weight excluding hydrogens is 283 g/mol. The number of alkyl halides is 3. The zero-order valence-corrected chi connectivity index (χ0v) is 11.1. The number of amides is 1. The minimum absolute atomic E-state index is 0.0598. The van der Waals surface area contributed by atoms with Crippen molar-refractivity contribution in [2.75, 3.05) is 13.1 Å². The van der Waals surface area contributed by atoms with Crippen LogP contribution >= 0.6 is 0 Å². The van der Waals surface area contributed by atoms with Crippen LogP contribution in [0.2, 0.25) is 0 Å². The van der Waals surface area contributed by atoms with Crippen LogP contribution in [0.25, 0.3) is 6.08 Å². The molecule has 0 N–H and O–H groups in total. The predicted octanol–water partition coefficient (Wildman–Crippen LogP) is 3.78. The Labute approximate surface area is 120 Å². The lowest BCUT2D eigenvalue weighted by molar-refractivity contribution is -0.170. The van der Waals surface area contributed by atoms with E-state index in [0.717, 1.165) is 16.0 Å². The van der Waals surface area contributed by atoms with Gasteiger partial charge in [0.1, 0.15) is 6.10 Å². The van der Waals surface area contributed by atoms with Crippen LogP contribution in [-0.4, -0.2) is 30.3 Å².